The zero-order valence-electron chi connectivity index (χ0n) is 18.5. The number of piperidine rings is 1. The van der Waals surface area contributed by atoms with Gasteiger partial charge in [-0.1, -0.05) is 64.0 Å². The first-order chi connectivity index (χ1) is 15.0. The van der Waals surface area contributed by atoms with Crippen LogP contribution in [0.1, 0.15) is 84.6 Å². The van der Waals surface area contributed by atoms with Crippen molar-refractivity contribution < 1.29 is 24.9 Å². The van der Waals surface area contributed by atoms with E-state index >= 15 is 0 Å². The monoisotopic (exact) mass is 432 g/mol. The first-order valence-corrected chi connectivity index (χ1v) is 11.7. The molecule has 1 aromatic rings. The minimum absolute atomic E-state index is 0.0313. The quantitative estimate of drug-likeness (QED) is 0.367. The van der Waals surface area contributed by atoms with Gasteiger partial charge in [-0.3, -0.25) is 9.59 Å². The summed E-state index contributed by atoms with van der Waals surface area (Å²) in [5.74, 6) is -1.40. The van der Waals surface area contributed by atoms with Gasteiger partial charge in [0.05, 0.1) is 23.3 Å². The first-order valence-electron chi connectivity index (χ1n) is 11.7. The summed E-state index contributed by atoms with van der Waals surface area (Å²) in [6, 6.07) is 5.41. The number of amides is 2. The number of hydrazine groups is 1. The lowest BCUT2D eigenvalue weighted by atomic mass is 9.94. The summed E-state index contributed by atoms with van der Waals surface area (Å²) >= 11 is 0. The van der Waals surface area contributed by atoms with E-state index in [2.05, 4.69) is 6.92 Å². The van der Waals surface area contributed by atoms with Crippen LogP contribution in [-0.2, 0) is 6.42 Å². The Hall–Kier alpha value is -1.80. The summed E-state index contributed by atoms with van der Waals surface area (Å²) in [6.45, 7) is 1.98. The summed E-state index contributed by atoms with van der Waals surface area (Å²) < 4.78 is 0. The number of aliphatic hydroxyl groups excluding tert-OH is 3. The lowest BCUT2D eigenvalue weighted by Crippen LogP contribution is -2.60. The van der Waals surface area contributed by atoms with Crippen molar-refractivity contribution in [1.82, 2.24) is 10.0 Å². The molecule has 1 fully saturated rings. The Balaban J connectivity index is 1.62. The van der Waals surface area contributed by atoms with Gasteiger partial charge >= 0.3 is 0 Å². The Morgan fingerprint density at radius 2 is 1.61 bits per heavy atom. The maximum Gasteiger partial charge on any atom is 0.276 e. The van der Waals surface area contributed by atoms with Gasteiger partial charge < -0.3 is 15.3 Å². The molecule has 0 saturated carbocycles. The molecule has 0 aromatic heterocycles. The first kappa shape index (κ1) is 23.9. The smallest absolute Gasteiger partial charge is 0.276 e. The fraction of sp³-hybridized carbons (Fsp3) is 0.667. The number of benzene rings is 1. The van der Waals surface area contributed by atoms with Crippen LogP contribution in [0.5, 0.6) is 0 Å². The molecule has 0 aliphatic carbocycles. The van der Waals surface area contributed by atoms with E-state index in [0.29, 0.717) is 11.1 Å². The predicted molar refractivity (Wildman–Crippen MR) is 117 cm³/mol. The van der Waals surface area contributed by atoms with Crippen molar-refractivity contribution in [2.45, 2.75) is 76.9 Å². The normalized spacial score (nSPS) is 24.1. The van der Waals surface area contributed by atoms with Gasteiger partial charge in [-0.25, -0.2) is 10.0 Å². The van der Waals surface area contributed by atoms with E-state index in [4.69, 9.17) is 0 Å². The predicted octanol–water partition coefficient (Wildman–Crippen LogP) is 2.53. The second-order valence-corrected chi connectivity index (χ2v) is 8.86. The molecule has 0 bridgehead atoms. The summed E-state index contributed by atoms with van der Waals surface area (Å²) in [5, 5.41) is 32.2. The highest BCUT2D eigenvalue weighted by Gasteiger charge is 2.45. The third kappa shape index (κ3) is 5.34. The number of nitrogens with zero attached hydrogens (tertiary/aromatic N) is 2. The molecule has 3 N–H and O–H groups in total. The van der Waals surface area contributed by atoms with Gasteiger partial charge in [-0.15, -0.1) is 0 Å². The minimum Gasteiger partial charge on any atom is -0.396 e. The topological polar surface area (TPSA) is 101 Å². The molecule has 2 heterocycles. The van der Waals surface area contributed by atoms with Crippen LogP contribution < -0.4 is 0 Å². The second kappa shape index (κ2) is 11.2. The summed E-state index contributed by atoms with van der Waals surface area (Å²) in [7, 11) is 0. The van der Waals surface area contributed by atoms with Crippen molar-refractivity contribution in [3.63, 3.8) is 0 Å². The molecule has 172 valence electrons. The zero-order valence-corrected chi connectivity index (χ0v) is 18.5. The van der Waals surface area contributed by atoms with E-state index in [9.17, 15) is 24.9 Å². The van der Waals surface area contributed by atoms with Crippen molar-refractivity contribution in [1.29, 1.82) is 0 Å². The van der Waals surface area contributed by atoms with Gasteiger partial charge in [0.2, 0.25) is 0 Å². The lowest BCUT2D eigenvalue weighted by Gasteiger charge is -2.41. The minimum atomic E-state index is -1.13. The highest BCUT2D eigenvalue weighted by molar-refractivity contribution is 6.21. The van der Waals surface area contributed by atoms with Gasteiger partial charge in [-0.2, -0.15) is 0 Å². The number of β-amino-alcohol motifs (C(OH)–C–C–N with tert-alkyl or cyclic N) is 1. The number of hydrogen-bond acceptors (Lipinski definition) is 6. The van der Waals surface area contributed by atoms with Crippen LogP contribution in [-0.4, -0.2) is 69.1 Å². The molecule has 3 unspecified atom stereocenters. The van der Waals surface area contributed by atoms with Crippen molar-refractivity contribution in [2.24, 2.45) is 5.92 Å². The van der Waals surface area contributed by atoms with Gasteiger partial charge in [0, 0.05) is 25.6 Å². The standard InChI is InChI=1S/C24H36N2O5/c1-2-3-4-5-6-7-8-9-11-17-12-10-13-19-21(17)24(31)26(23(19)30)25-14-18(16-27)22(29)20(28)15-25/h10,12-13,18,20,22,27-29H,2-9,11,14-16H2,1H3. The van der Waals surface area contributed by atoms with Gasteiger partial charge in [-0.05, 0) is 24.5 Å². The van der Waals surface area contributed by atoms with Crippen LogP contribution in [0.2, 0.25) is 0 Å². The third-order valence-corrected chi connectivity index (χ3v) is 6.52. The SMILES string of the molecule is CCCCCCCCCCc1cccc2c1C(=O)N(N1CC(O)C(O)C(CO)C1)C2=O. The fourth-order valence-electron chi connectivity index (χ4n) is 4.68. The number of imide groups is 1. The number of rotatable bonds is 11. The third-order valence-electron chi connectivity index (χ3n) is 6.52. The van der Waals surface area contributed by atoms with Crippen LogP contribution in [0.15, 0.2) is 18.2 Å². The lowest BCUT2D eigenvalue weighted by molar-refractivity contribution is -0.124. The zero-order chi connectivity index (χ0) is 22.4. The molecule has 2 amide bonds. The molecule has 7 nitrogen and oxygen atoms in total. The highest BCUT2D eigenvalue weighted by Crippen LogP contribution is 2.31. The van der Waals surface area contributed by atoms with Crippen LogP contribution in [0.25, 0.3) is 0 Å². The Labute approximate surface area is 184 Å². The Morgan fingerprint density at radius 1 is 0.935 bits per heavy atom. The van der Waals surface area contributed by atoms with Crippen LogP contribution in [0.3, 0.4) is 0 Å². The van der Waals surface area contributed by atoms with Crippen molar-refractivity contribution >= 4 is 11.8 Å². The molecule has 1 aromatic carbocycles. The summed E-state index contributed by atoms with van der Waals surface area (Å²) in [4.78, 5) is 26.2. The maximum absolute atomic E-state index is 13.2. The molecule has 0 spiro atoms. The summed E-state index contributed by atoms with van der Waals surface area (Å²) in [6.07, 6.45) is 8.20. The molecule has 2 aliphatic heterocycles. The number of aryl methyl sites for hydroxylation is 1. The van der Waals surface area contributed by atoms with E-state index in [1.54, 1.807) is 6.07 Å². The Kier molecular flexibility index (Phi) is 8.60. The number of carbonyl (C=O) groups excluding carboxylic acids is 2. The number of fused-ring (bicyclic) bond motifs is 1. The average molecular weight is 433 g/mol. The fourth-order valence-corrected chi connectivity index (χ4v) is 4.68. The van der Waals surface area contributed by atoms with Crippen molar-refractivity contribution in [3.05, 3.63) is 34.9 Å². The molecule has 1 saturated heterocycles. The highest BCUT2D eigenvalue weighted by atomic mass is 16.3. The molecule has 2 aliphatic rings. The van der Waals surface area contributed by atoms with Crippen LogP contribution >= 0.6 is 0 Å². The number of carbonyl (C=O) groups is 2. The van der Waals surface area contributed by atoms with E-state index in [0.717, 1.165) is 29.8 Å². The number of unbranched alkanes of at least 4 members (excludes halogenated alkanes) is 7. The van der Waals surface area contributed by atoms with Gasteiger partial charge in [0.1, 0.15) is 0 Å². The van der Waals surface area contributed by atoms with Gasteiger partial charge in [0.25, 0.3) is 11.8 Å². The molecule has 31 heavy (non-hydrogen) atoms. The van der Waals surface area contributed by atoms with E-state index in [-0.39, 0.29) is 25.6 Å². The van der Waals surface area contributed by atoms with Crippen LogP contribution in [0, 0.1) is 5.92 Å². The summed E-state index contributed by atoms with van der Waals surface area (Å²) in [5.41, 5.74) is 1.74. The molecular weight excluding hydrogens is 396 g/mol. The van der Waals surface area contributed by atoms with Gasteiger partial charge in [0.15, 0.2) is 0 Å². The Morgan fingerprint density at radius 3 is 2.29 bits per heavy atom. The van der Waals surface area contributed by atoms with Crippen molar-refractivity contribution in [3.8, 4) is 0 Å². The molecular formula is C24H36N2O5. The Bertz CT molecular complexity index is 768. The van der Waals surface area contributed by atoms with Crippen LogP contribution in [0.4, 0.5) is 0 Å². The molecule has 3 atom stereocenters. The second-order valence-electron chi connectivity index (χ2n) is 8.86. The largest absolute Gasteiger partial charge is 0.396 e. The maximum atomic E-state index is 13.2. The van der Waals surface area contributed by atoms with E-state index in [1.807, 2.05) is 12.1 Å². The molecule has 3 rings (SSSR count). The average Bonchev–Trinajstić information content (AvgIpc) is 3.02. The van der Waals surface area contributed by atoms with E-state index in [1.165, 1.54) is 43.5 Å². The molecule has 0 radical (unpaired) electrons. The number of aliphatic hydroxyl groups is 3. The number of hydrogen-bond donors (Lipinski definition) is 3. The molecule has 7 heteroatoms. The van der Waals surface area contributed by atoms with Crippen molar-refractivity contribution in [2.75, 3.05) is 19.7 Å². The van der Waals surface area contributed by atoms with E-state index < -0.39 is 24.0 Å².